The van der Waals surface area contributed by atoms with Crippen LogP contribution in [0.1, 0.15) is 106 Å². The van der Waals surface area contributed by atoms with Crippen molar-refractivity contribution in [2.24, 2.45) is 40.4 Å². The molecule has 3 saturated carbocycles. The van der Waals surface area contributed by atoms with E-state index in [4.69, 9.17) is 4.74 Å². The zero-order valence-corrected chi connectivity index (χ0v) is 21.8. The predicted octanol–water partition coefficient (Wildman–Crippen LogP) is 6.25. The minimum Gasteiger partial charge on any atom is -0.462 e. The number of carbonyl (C=O) groups excluding carboxylic acids is 2. The van der Waals surface area contributed by atoms with Crippen LogP contribution in [0, 0.1) is 40.4 Å². The molecule has 3 fully saturated rings. The quantitative estimate of drug-likeness (QED) is 0.478. The highest BCUT2D eigenvalue weighted by molar-refractivity contribution is 5.91. The molecule has 0 amide bonds. The Bertz CT molecular complexity index is 810. The van der Waals surface area contributed by atoms with Crippen LogP contribution < -0.4 is 0 Å². The van der Waals surface area contributed by atoms with Crippen LogP contribution in [0.3, 0.4) is 0 Å². The van der Waals surface area contributed by atoms with Gasteiger partial charge in [0.2, 0.25) is 0 Å². The molecule has 0 aliphatic heterocycles. The Hall–Kier alpha value is -1.16. The molecule has 4 nitrogen and oxygen atoms in total. The summed E-state index contributed by atoms with van der Waals surface area (Å²) in [6, 6.07) is 0. The van der Waals surface area contributed by atoms with Crippen molar-refractivity contribution in [3.05, 3.63) is 11.6 Å². The average molecular weight is 459 g/mol. The van der Waals surface area contributed by atoms with Gasteiger partial charge in [-0.2, -0.15) is 0 Å². The van der Waals surface area contributed by atoms with E-state index in [0.717, 1.165) is 57.8 Å². The molecule has 0 aromatic heterocycles. The van der Waals surface area contributed by atoms with Gasteiger partial charge in [0.15, 0.2) is 5.78 Å². The zero-order valence-electron chi connectivity index (χ0n) is 21.8. The number of hydrogen-bond donors (Lipinski definition) is 1. The standard InChI is InChI=1S/C29H46O4/c1-18(2)8-7-13-29(6,32)26-25(33-19(3)30)17-24-22-10-9-20-16-21(31)11-14-27(20,4)23(22)12-15-28(24,26)5/h16,18,22-26,32H,7-15,17H2,1-6H3/t22?,23?,24?,25-,26-,27-,28-,29-/m0/s1. The second-order valence-electron chi connectivity index (χ2n) is 13.0. The highest BCUT2D eigenvalue weighted by Crippen LogP contribution is 2.68. The number of aliphatic hydroxyl groups is 1. The van der Waals surface area contributed by atoms with E-state index >= 15 is 0 Å². The van der Waals surface area contributed by atoms with Crippen molar-refractivity contribution in [3.8, 4) is 0 Å². The van der Waals surface area contributed by atoms with Crippen LogP contribution in [-0.2, 0) is 14.3 Å². The summed E-state index contributed by atoms with van der Waals surface area (Å²) >= 11 is 0. The van der Waals surface area contributed by atoms with Crippen LogP contribution in [0.4, 0.5) is 0 Å². The largest absolute Gasteiger partial charge is 0.462 e. The molecule has 0 bridgehead atoms. The molecule has 8 atom stereocenters. The zero-order chi connectivity index (χ0) is 24.2. The monoisotopic (exact) mass is 458 g/mol. The minimum absolute atomic E-state index is 0.0231. The fourth-order valence-corrected chi connectivity index (χ4v) is 9.01. The van der Waals surface area contributed by atoms with Crippen LogP contribution in [0.25, 0.3) is 0 Å². The molecule has 4 heteroatoms. The number of hydrogen-bond acceptors (Lipinski definition) is 4. The van der Waals surface area contributed by atoms with Crippen LogP contribution in [-0.4, -0.2) is 28.6 Å². The molecule has 0 aromatic carbocycles. The predicted molar refractivity (Wildman–Crippen MR) is 130 cm³/mol. The van der Waals surface area contributed by atoms with Gasteiger partial charge in [0, 0.05) is 19.3 Å². The average Bonchev–Trinajstić information content (AvgIpc) is 3.00. The first-order valence-electron chi connectivity index (χ1n) is 13.5. The minimum atomic E-state index is -0.841. The molecule has 0 saturated heterocycles. The van der Waals surface area contributed by atoms with Crippen molar-refractivity contribution in [1.82, 2.24) is 0 Å². The Morgan fingerprint density at radius 2 is 1.94 bits per heavy atom. The van der Waals surface area contributed by atoms with Crippen molar-refractivity contribution in [2.75, 3.05) is 0 Å². The number of carbonyl (C=O) groups is 2. The molecule has 0 radical (unpaired) electrons. The molecule has 4 rings (SSSR count). The third-order valence-electron chi connectivity index (χ3n) is 10.4. The van der Waals surface area contributed by atoms with E-state index in [-0.39, 0.29) is 28.8 Å². The fourth-order valence-electron chi connectivity index (χ4n) is 9.01. The van der Waals surface area contributed by atoms with E-state index in [0.29, 0.717) is 35.9 Å². The number of allylic oxidation sites excluding steroid dienone is 1. The van der Waals surface area contributed by atoms with E-state index in [9.17, 15) is 14.7 Å². The van der Waals surface area contributed by atoms with Crippen LogP contribution in [0.5, 0.6) is 0 Å². The lowest BCUT2D eigenvalue weighted by Crippen LogP contribution is -2.54. The molecule has 1 N–H and O–H groups in total. The molecule has 0 spiro atoms. The summed E-state index contributed by atoms with van der Waals surface area (Å²) in [7, 11) is 0. The van der Waals surface area contributed by atoms with E-state index in [1.165, 1.54) is 12.5 Å². The van der Waals surface area contributed by atoms with Crippen LogP contribution in [0.15, 0.2) is 11.6 Å². The number of ether oxygens (including phenoxy) is 1. The molecule has 0 aromatic rings. The number of esters is 1. The van der Waals surface area contributed by atoms with Crippen molar-refractivity contribution in [3.63, 3.8) is 0 Å². The Labute approximate surface area is 200 Å². The second-order valence-corrected chi connectivity index (χ2v) is 13.0. The van der Waals surface area contributed by atoms with Gasteiger partial charge in [-0.05, 0) is 92.4 Å². The molecule has 186 valence electrons. The SMILES string of the molecule is CC(=O)O[C@H]1CC2C3CCC4=CC(=O)CC[C@]4(C)C3CC[C@]2(C)[C@H]1[C@@](C)(O)CCCC(C)C. The summed E-state index contributed by atoms with van der Waals surface area (Å²) in [5.74, 6) is 2.30. The number of fused-ring (bicyclic) bond motifs is 5. The van der Waals surface area contributed by atoms with Gasteiger partial charge in [0.1, 0.15) is 6.10 Å². The van der Waals surface area contributed by atoms with Gasteiger partial charge < -0.3 is 9.84 Å². The molecule has 4 aliphatic rings. The van der Waals surface area contributed by atoms with E-state index in [1.807, 2.05) is 13.0 Å². The van der Waals surface area contributed by atoms with Crippen LogP contribution in [0.2, 0.25) is 0 Å². The van der Waals surface area contributed by atoms with Gasteiger partial charge in [0.25, 0.3) is 0 Å². The van der Waals surface area contributed by atoms with Gasteiger partial charge in [-0.1, -0.05) is 46.1 Å². The molecule has 33 heavy (non-hydrogen) atoms. The molecule has 0 heterocycles. The third kappa shape index (κ3) is 4.34. The fraction of sp³-hybridized carbons (Fsp3) is 0.862. The number of rotatable bonds is 6. The first-order chi connectivity index (χ1) is 15.4. The summed E-state index contributed by atoms with van der Waals surface area (Å²) in [5.41, 5.74) is 0.652. The number of ketones is 1. The Kier molecular flexibility index (Phi) is 6.66. The normalized spacial score (nSPS) is 42.1. The second kappa shape index (κ2) is 8.81. The summed E-state index contributed by atoms with van der Waals surface area (Å²) in [4.78, 5) is 24.2. The van der Waals surface area contributed by atoms with E-state index in [2.05, 4.69) is 27.7 Å². The van der Waals surface area contributed by atoms with Crippen LogP contribution >= 0.6 is 0 Å². The topological polar surface area (TPSA) is 63.6 Å². The van der Waals surface area contributed by atoms with Crippen molar-refractivity contribution >= 4 is 11.8 Å². The maximum Gasteiger partial charge on any atom is 0.302 e. The Balaban J connectivity index is 1.63. The highest BCUT2D eigenvalue weighted by atomic mass is 16.5. The van der Waals surface area contributed by atoms with Gasteiger partial charge in [-0.15, -0.1) is 0 Å². The highest BCUT2D eigenvalue weighted by Gasteiger charge is 2.65. The maximum absolute atomic E-state index is 12.1. The Morgan fingerprint density at radius 1 is 1.21 bits per heavy atom. The van der Waals surface area contributed by atoms with Gasteiger partial charge in [-0.25, -0.2) is 0 Å². The summed E-state index contributed by atoms with van der Waals surface area (Å²) in [5, 5.41) is 11.8. The van der Waals surface area contributed by atoms with Gasteiger partial charge in [0.05, 0.1) is 5.60 Å². The third-order valence-corrected chi connectivity index (χ3v) is 10.4. The van der Waals surface area contributed by atoms with E-state index < -0.39 is 5.60 Å². The summed E-state index contributed by atoms with van der Waals surface area (Å²) in [6.45, 7) is 12.8. The lowest BCUT2D eigenvalue weighted by atomic mass is 9.46. The van der Waals surface area contributed by atoms with E-state index in [1.54, 1.807) is 0 Å². The smallest absolute Gasteiger partial charge is 0.302 e. The van der Waals surface area contributed by atoms with Gasteiger partial charge >= 0.3 is 5.97 Å². The molecular formula is C29H46O4. The maximum atomic E-state index is 12.1. The van der Waals surface area contributed by atoms with Crippen molar-refractivity contribution in [2.45, 2.75) is 117 Å². The van der Waals surface area contributed by atoms with Gasteiger partial charge in [-0.3, -0.25) is 9.59 Å². The van der Waals surface area contributed by atoms with Crippen molar-refractivity contribution < 1.29 is 19.4 Å². The summed E-state index contributed by atoms with van der Waals surface area (Å²) < 4.78 is 5.97. The molecule has 4 aliphatic carbocycles. The van der Waals surface area contributed by atoms with Crippen molar-refractivity contribution in [1.29, 1.82) is 0 Å². The lowest BCUT2D eigenvalue weighted by molar-refractivity contribution is -0.161. The first-order valence-corrected chi connectivity index (χ1v) is 13.5. The first kappa shape index (κ1) is 24.9. The Morgan fingerprint density at radius 3 is 2.61 bits per heavy atom. The summed E-state index contributed by atoms with van der Waals surface area (Å²) in [6.07, 6.45) is 11.5. The molecular weight excluding hydrogens is 412 g/mol. The lowest BCUT2D eigenvalue weighted by Gasteiger charge is -2.58. The molecule has 3 unspecified atom stereocenters.